The molecule has 0 rings (SSSR count). The lowest BCUT2D eigenvalue weighted by molar-refractivity contribution is -0.00000412. The van der Waals surface area contributed by atoms with Gasteiger partial charge in [0.15, 0.2) is 0 Å². The maximum absolute atomic E-state index is 8.23. The molecule has 0 bridgehead atoms. The standard InChI is InChI=1S/C3H9O3P.ClH/c4-1-7(2-5)3-6;/h4-6H,1-3H2;1H/p-1. The molecule has 0 amide bonds. The van der Waals surface area contributed by atoms with Crippen LogP contribution in [0.2, 0.25) is 0 Å². The first-order valence-corrected chi connectivity index (χ1v) is 3.79. The molecule has 3 nitrogen and oxygen atoms in total. The molecule has 0 atom stereocenters. The first-order valence-electron chi connectivity index (χ1n) is 1.90. The quantitative estimate of drug-likeness (QED) is 0.372. The number of hydrogen-bond donors (Lipinski definition) is 3. The van der Waals surface area contributed by atoms with Crippen LogP contribution in [0, 0.1) is 0 Å². The maximum atomic E-state index is 8.23. The SMILES string of the molecule is OCP(CO)CO.[Cl-]. The minimum Gasteiger partial charge on any atom is -1.00 e. The third-order valence-electron chi connectivity index (χ3n) is 0.600. The van der Waals surface area contributed by atoms with E-state index in [-0.39, 0.29) is 31.5 Å². The van der Waals surface area contributed by atoms with Crippen molar-refractivity contribution in [3.05, 3.63) is 0 Å². The van der Waals surface area contributed by atoms with Crippen molar-refractivity contribution in [2.45, 2.75) is 0 Å². The topological polar surface area (TPSA) is 60.7 Å². The average Bonchev–Trinajstić information content (AvgIpc) is 1.72. The molecule has 0 saturated heterocycles. The first-order chi connectivity index (χ1) is 3.35. The maximum Gasteiger partial charge on any atom is 0.0668 e. The van der Waals surface area contributed by atoms with Crippen LogP contribution < -0.4 is 12.4 Å². The van der Waals surface area contributed by atoms with Gasteiger partial charge in [0.1, 0.15) is 0 Å². The molecule has 0 aromatic carbocycles. The summed E-state index contributed by atoms with van der Waals surface area (Å²) in [5.74, 6) is 0. The van der Waals surface area contributed by atoms with E-state index in [0.717, 1.165) is 0 Å². The molecule has 0 radical (unpaired) electrons. The summed E-state index contributed by atoms with van der Waals surface area (Å²) >= 11 is 0. The van der Waals surface area contributed by atoms with Crippen molar-refractivity contribution in [1.29, 1.82) is 0 Å². The van der Waals surface area contributed by atoms with E-state index in [9.17, 15) is 0 Å². The van der Waals surface area contributed by atoms with E-state index >= 15 is 0 Å². The Hall–Kier alpha value is 0.600. The summed E-state index contributed by atoms with van der Waals surface area (Å²) in [6.07, 6.45) is -0.243. The van der Waals surface area contributed by atoms with Crippen molar-refractivity contribution < 1.29 is 27.7 Å². The Morgan fingerprint density at radius 3 is 1.12 bits per heavy atom. The van der Waals surface area contributed by atoms with Crippen molar-refractivity contribution >= 4 is 7.92 Å². The summed E-state index contributed by atoms with van der Waals surface area (Å²) in [5.41, 5.74) is 0. The van der Waals surface area contributed by atoms with Gasteiger partial charge in [0.25, 0.3) is 0 Å². The lowest BCUT2D eigenvalue weighted by Gasteiger charge is -2.03. The van der Waals surface area contributed by atoms with Gasteiger partial charge in [-0.2, -0.15) is 0 Å². The van der Waals surface area contributed by atoms with Crippen LogP contribution in [0.1, 0.15) is 0 Å². The van der Waals surface area contributed by atoms with Gasteiger partial charge >= 0.3 is 0 Å². The second-order valence-electron chi connectivity index (χ2n) is 1.10. The van der Waals surface area contributed by atoms with Crippen molar-refractivity contribution in [3.8, 4) is 0 Å². The van der Waals surface area contributed by atoms with Crippen LogP contribution >= 0.6 is 7.92 Å². The van der Waals surface area contributed by atoms with E-state index in [2.05, 4.69) is 0 Å². The summed E-state index contributed by atoms with van der Waals surface area (Å²) < 4.78 is 0. The van der Waals surface area contributed by atoms with E-state index in [4.69, 9.17) is 15.3 Å². The number of aliphatic hydroxyl groups excluding tert-OH is 3. The Morgan fingerprint density at radius 1 is 0.875 bits per heavy atom. The number of halogens is 1. The Balaban J connectivity index is 0. The summed E-state index contributed by atoms with van der Waals surface area (Å²) in [7, 11) is -0.887. The summed E-state index contributed by atoms with van der Waals surface area (Å²) in [6.45, 7) is 0. The largest absolute Gasteiger partial charge is 1.00 e. The van der Waals surface area contributed by atoms with E-state index in [1.807, 2.05) is 0 Å². The summed E-state index contributed by atoms with van der Waals surface area (Å²) in [5, 5.41) is 24.7. The molecule has 0 aliphatic carbocycles. The fourth-order valence-electron chi connectivity index (χ4n) is 0.134. The highest BCUT2D eigenvalue weighted by atomic mass is 35.5. The third kappa shape index (κ3) is 4.75. The highest BCUT2D eigenvalue weighted by Gasteiger charge is 1.98. The molecular formula is C3H9ClO3P-. The molecule has 0 aliphatic heterocycles. The molecule has 0 unspecified atom stereocenters. The van der Waals surface area contributed by atoms with E-state index in [0.29, 0.717) is 0 Å². The van der Waals surface area contributed by atoms with Crippen molar-refractivity contribution in [2.75, 3.05) is 19.0 Å². The average molecular weight is 160 g/mol. The molecule has 8 heavy (non-hydrogen) atoms. The minimum atomic E-state index is -0.887. The second kappa shape index (κ2) is 7.60. The van der Waals surface area contributed by atoms with Gasteiger partial charge in [-0.05, 0) is 7.92 Å². The predicted molar refractivity (Wildman–Crippen MR) is 28.2 cm³/mol. The normalized spacial score (nSPS) is 9.00. The van der Waals surface area contributed by atoms with E-state index < -0.39 is 7.92 Å². The molecule has 0 heterocycles. The third-order valence-corrected chi connectivity index (χ3v) is 1.80. The lowest BCUT2D eigenvalue weighted by Crippen LogP contribution is -3.00. The highest BCUT2D eigenvalue weighted by molar-refractivity contribution is 7.56. The van der Waals surface area contributed by atoms with Gasteiger partial charge in [0.2, 0.25) is 0 Å². The molecule has 3 N–H and O–H groups in total. The van der Waals surface area contributed by atoms with Gasteiger partial charge in [0.05, 0.1) is 19.0 Å². The van der Waals surface area contributed by atoms with Crippen molar-refractivity contribution in [1.82, 2.24) is 0 Å². The summed E-state index contributed by atoms with van der Waals surface area (Å²) in [6, 6.07) is 0. The van der Waals surface area contributed by atoms with Gasteiger partial charge in [-0.25, -0.2) is 0 Å². The van der Waals surface area contributed by atoms with Crippen LogP contribution in [0.3, 0.4) is 0 Å². The van der Waals surface area contributed by atoms with Crippen LogP contribution in [0.25, 0.3) is 0 Å². The Labute approximate surface area is 55.5 Å². The summed E-state index contributed by atoms with van der Waals surface area (Å²) in [4.78, 5) is 0. The van der Waals surface area contributed by atoms with Crippen LogP contribution in [-0.2, 0) is 0 Å². The smallest absolute Gasteiger partial charge is 0.0668 e. The predicted octanol–water partition coefficient (Wildman–Crippen LogP) is -3.68. The van der Waals surface area contributed by atoms with Crippen molar-refractivity contribution in [2.24, 2.45) is 0 Å². The molecule has 5 heteroatoms. The fourth-order valence-corrected chi connectivity index (χ4v) is 0.402. The number of rotatable bonds is 3. The molecule has 0 aliphatic rings. The van der Waals surface area contributed by atoms with Crippen LogP contribution in [-0.4, -0.2) is 34.4 Å². The van der Waals surface area contributed by atoms with Gasteiger partial charge in [-0.3, -0.25) is 0 Å². The molecule has 52 valence electrons. The molecule has 0 spiro atoms. The molecule has 0 aromatic rings. The van der Waals surface area contributed by atoms with Gasteiger partial charge in [-0.1, -0.05) is 0 Å². The van der Waals surface area contributed by atoms with Gasteiger partial charge < -0.3 is 27.7 Å². The highest BCUT2D eigenvalue weighted by Crippen LogP contribution is 2.29. The van der Waals surface area contributed by atoms with Crippen LogP contribution in [0.5, 0.6) is 0 Å². The fraction of sp³-hybridized carbons (Fsp3) is 1.00. The molecular weight excluding hydrogens is 150 g/mol. The van der Waals surface area contributed by atoms with Crippen LogP contribution in [0.15, 0.2) is 0 Å². The monoisotopic (exact) mass is 159 g/mol. The Bertz CT molecular complexity index is 36.0. The lowest BCUT2D eigenvalue weighted by atomic mass is 11.6. The number of aliphatic hydroxyl groups is 3. The van der Waals surface area contributed by atoms with Crippen LogP contribution in [0.4, 0.5) is 0 Å². The zero-order chi connectivity index (χ0) is 5.70. The van der Waals surface area contributed by atoms with E-state index in [1.54, 1.807) is 0 Å². The zero-order valence-corrected chi connectivity index (χ0v) is 5.94. The molecule has 0 saturated carbocycles. The minimum absolute atomic E-state index is 0. The molecule has 0 fully saturated rings. The Kier molecular flexibility index (Phi) is 10.8. The van der Waals surface area contributed by atoms with Gasteiger partial charge in [-0.15, -0.1) is 0 Å². The number of hydrogen-bond acceptors (Lipinski definition) is 3. The first kappa shape index (κ1) is 11.4. The molecule has 0 aromatic heterocycles. The Morgan fingerprint density at radius 2 is 1.12 bits per heavy atom. The zero-order valence-electron chi connectivity index (χ0n) is 4.29. The van der Waals surface area contributed by atoms with Gasteiger partial charge in [0, 0.05) is 0 Å². The second-order valence-corrected chi connectivity index (χ2v) is 3.29. The van der Waals surface area contributed by atoms with E-state index in [1.165, 1.54) is 0 Å². The van der Waals surface area contributed by atoms with Crippen molar-refractivity contribution in [3.63, 3.8) is 0 Å².